The predicted octanol–water partition coefficient (Wildman–Crippen LogP) is 3.82. The van der Waals surface area contributed by atoms with Crippen molar-refractivity contribution in [2.24, 2.45) is 0 Å². The van der Waals surface area contributed by atoms with Gasteiger partial charge >= 0.3 is 6.09 Å². The van der Waals surface area contributed by atoms with E-state index in [4.69, 9.17) is 0 Å². The highest BCUT2D eigenvalue weighted by atomic mass is 32.2. The topological polar surface area (TPSA) is 114 Å². The van der Waals surface area contributed by atoms with Crippen LogP contribution in [0, 0.1) is 0 Å². The zero-order valence-corrected chi connectivity index (χ0v) is 18.6. The molecule has 2 aromatic carbocycles. The molecule has 0 aliphatic heterocycles. The lowest BCUT2D eigenvalue weighted by molar-refractivity contribution is 0.187. The number of benzene rings is 2. The largest absolute Gasteiger partial charge is 0.465 e. The van der Waals surface area contributed by atoms with Crippen molar-refractivity contribution in [3.8, 4) is 0 Å². The number of imidazole rings is 1. The van der Waals surface area contributed by atoms with Gasteiger partial charge in [-0.25, -0.2) is 18.2 Å². The van der Waals surface area contributed by atoms with Gasteiger partial charge in [0.1, 0.15) is 5.52 Å². The predicted molar refractivity (Wildman–Crippen MR) is 123 cm³/mol. The summed E-state index contributed by atoms with van der Waals surface area (Å²) in [6, 6.07) is 16.3. The van der Waals surface area contributed by atoms with Crippen molar-refractivity contribution < 1.29 is 18.3 Å². The average Bonchev–Trinajstić information content (AvgIpc) is 3.15. The molecule has 9 heteroatoms. The van der Waals surface area contributed by atoms with E-state index in [-0.39, 0.29) is 11.2 Å². The number of sulfone groups is 1. The van der Waals surface area contributed by atoms with Gasteiger partial charge < -0.3 is 15.0 Å². The molecule has 0 saturated carbocycles. The minimum absolute atomic E-state index is 0.0491. The summed E-state index contributed by atoms with van der Waals surface area (Å²) in [6.45, 7) is 1.88. The number of nitrogens with one attached hydrogen (secondary N) is 1. The minimum Gasteiger partial charge on any atom is -0.465 e. The van der Waals surface area contributed by atoms with Crippen LogP contribution in [0.5, 0.6) is 0 Å². The van der Waals surface area contributed by atoms with Crippen molar-refractivity contribution in [1.82, 2.24) is 19.9 Å². The Morgan fingerprint density at radius 3 is 2.47 bits per heavy atom. The molecule has 0 bridgehead atoms. The van der Waals surface area contributed by atoms with Gasteiger partial charge in [-0.15, -0.1) is 0 Å². The molecule has 2 atom stereocenters. The van der Waals surface area contributed by atoms with E-state index in [2.05, 4.69) is 15.3 Å². The van der Waals surface area contributed by atoms with E-state index < -0.39 is 22.0 Å². The van der Waals surface area contributed by atoms with Gasteiger partial charge in [-0.3, -0.25) is 4.98 Å². The monoisotopic (exact) mass is 452 g/mol. The number of nitrogens with zero attached hydrogens (tertiary/aromatic N) is 3. The summed E-state index contributed by atoms with van der Waals surface area (Å²) < 4.78 is 26.9. The van der Waals surface area contributed by atoms with Crippen molar-refractivity contribution in [3.63, 3.8) is 0 Å². The molecule has 0 radical (unpaired) electrons. The van der Waals surface area contributed by atoms with Crippen LogP contribution in [0.1, 0.15) is 24.9 Å². The van der Waals surface area contributed by atoms with Crippen molar-refractivity contribution in [2.45, 2.75) is 37.0 Å². The maximum absolute atomic E-state index is 12.6. The fourth-order valence-corrected chi connectivity index (χ4v) is 5.05. The van der Waals surface area contributed by atoms with E-state index in [1.165, 1.54) is 0 Å². The van der Waals surface area contributed by atoms with Crippen LogP contribution >= 0.6 is 0 Å². The Hall–Kier alpha value is -3.46. The maximum Gasteiger partial charge on any atom is 0.404 e. The molecule has 32 heavy (non-hydrogen) atoms. The van der Waals surface area contributed by atoms with Crippen molar-refractivity contribution >= 4 is 37.9 Å². The highest BCUT2D eigenvalue weighted by molar-refractivity contribution is 7.90. The fraction of sp³-hybridized carbons (Fsp3) is 0.261. The third-order valence-electron chi connectivity index (χ3n) is 5.44. The molecule has 2 heterocycles. The van der Waals surface area contributed by atoms with Gasteiger partial charge in [0.05, 0.1) is 17.2 Å². The third kappa shape index (κ3) is 4.43. The Morgan fingerprint density at radius 1 is 1.09 bits per heavy atom. The summed E-state index contributed by atoms with van der Waals surface area (Å²) >= 11 is 0. The molecule has 0 spiro atoms. The standard InChI is InChI=1S/C23H24N4O4S/c1-15(12-17(25-23(28)29)13-16-8-4-3-5-9-16)27-21-18-10-6-7-11-19(18)24-14-20(21)26-22(27)32(2,30)31/h3-11,14-15,17,25H,12-13H2,1-2H3,(H,28,29)/t15-,17?/m1/s1. The first-order valence-electron chi connectivity index (χ1n) is 10.2. The van der Waals surface area contributed by atoms with E-state index in [0.29, 0.717) is 23.9 Å². The molecule has 8 nitrogen and oxygen atoms in total. The Morgan fingerprint density at radius 2 is 1.78 bits per heavy atom. The highest BCUT2D eigenvalue weighted by Crippen LogP contribution is 2.31. The molecule has 0 aliphatic carbocycles. The normalized spacial score (nSPS) is 13.8. The second-order valence-corrected chi connectivity index (χ2v) is 9.88. The Balaban J connectivity index is 1.81. The quantitative estimate of drug-likeness (QED) is 0.441. The molecule has 4 aromatic rings. The second-order valence-electron chi connectivity index (χ2n) is 7.97. The van der Waals surface area contributed by atoms with E-state index >= 15 is 0 Å². The first kappa shape index (κ1) is 21.8. The number of para-hydroxylation sites is 1. The van der Waals surface area contributed by atoms with Crippen LogP contribution in [-0.4, -0.2) is 46.5 Å². The van der Waals surface area contributed by atoms with Crippen LogP contribution in [0.15, 0.2) is 66.0 Å². The van der Waals surface area contributed by atoms with Crippen molar-refractivity contribution in [2.75, 3.05) is 6.26 Å². The summed E-state index contributed by atoms with van der Waals surface area (Å²) in [5.41, 5.74) is 2.89. The zero-order chi connectivity index (χ0) is 22.9. The first-order valence-corrected chi connectivity index (χ1v) is 12.1. The van der Waals surface area contributed by atoms with Crippen LogP contribution < -0.4 is 5.32 Å². The summed E-state index contributed by atoms with van der Waals surface area (Å²) in [5, 5.41) is 12.7. The zero-order valence-electron chi connectivity index (χ0n) is 17.8. The van der Waals surface area contributed by atoms with Crippen LogP contribution in [0.4, 0.5) is 4.79 Å². The first-order chi connectivity index (χ1) is 15.2. The lowest BCUT2D eigenvalue weighted by atomic mass is 10.00. The number of aromatic nitrogens is 3. The molecule has 1 amide bonds. The van der Waals surface area contributed by atoms with Gasteiger partial charge in [-0.2, -0.15) is 0 Å². The smallest absolute Gasteiger partial charge is 0.404 e. The van der Waals surface area contributed by atoms with E-state index in [1.54, 1.807) is 10.8 Å². The number of fused-ring (bicyclic) bond motifs is 3. The number of pyridine rings is 1. The Labute approximate surface area is 185 Å². The van der Waals surface area contributed by atoms with Gasteiger partial charge in [0.2, 0.25) is 15.0 Å². The number of rotatable bonds is 7. The lowest BCUT2D eigenvalue weighted by Gasteiger charge is -2.24. The molecule has 0 saturated heterocycles. The Kier molecular flexibility index (Phi) is 5.84. The number of carbonyl (C=O) groups is 1. The molecule has 0 fully saturated rings. The molecular formula is C23H24N4O4S. The van der Waals surface area contributed by atoms with Gasteiger partial charge in [0, 0.05) is 23.7 Å². The summed E-state index contributed by atoms with van der Waals surface area (Å²) in [6.07, 6.45) is 2.45. The van der Waals surface area contributed by atoms with Gasteiger partial charge in [0.15, 0.2) is 0 Å². The van der Waals surface area contributed by atoms with Crippen molar-refractivity contribution in [3.05, 3.63) is 66.4 Å². The number of amides is 1. The van der Waals surface area contributed by atoms with Gasteiger partial charge in [0.25, 0.3) is 0 Å². The maximum atomic E-state index is 12.6. The summed E-state index contributed by atoms with van der Waals surface area (Å²) in [7, 11) is -3.64. The summed E-state index contributed by atoms with van der Waals surface area (Å²) in [5.74, 6) is 0. The molecule has 2 aromatic heterocycles. The van der Waals surface area contributed by atoms with Crippen LogP contribution in [0.2, 0.25) is 0 Å². The molecule has 166 valence electrons. The molecule has 2 N–H and O–H groups in total. The number of hydrogen-bond acceptors (Lipinski definition) is 5. The molecule has 4 rings (SSSR count). The van der Waals surface area contributed by atoms with E-state index in [9.17, 15) is 18.3 Å². The number of hydrogen-bond donors (Lipinski definition) is 2. The number of carboxylic acid groups (broad SMARTS) is 1. The van der Waals surface area contributed by atoms with E-state index in [1.807, 2.05) is 61.5 Å². The second kappa shape index (κ2) is 8.58. The molecule has 0 aliphatic rings. The molecular weight excluding hydrogens is 428 g/mol. The fourth-order valence-electron chi connectivity index (χ4n) is 4.16. The third-order valence-corrected chi connectivity index (χ3v) is 6.39. The Bertz CT molecular complexity index is 1380. The SMILES string of the molecule is C[C@H](CC(Cc1ccccc1)NC(=O)O)n1c(S(C)(=O)=O)nc2cnc3ccccc3c21. The lowest BCUT2D eigenvalue weighted by Crippen LogP contribution is -2.37. The van der Waals surface area contributed by atoms with E-state index in [0.717, 1.165) is 22.7 Å². The summed E-state index contributed by atoms with van der Waals surface area (Å²) in [4.78, 5) is 20.2. The minimum atomic E-state index is -3.64. The van der Waals surface area contributed by atoms with Crippen molar-refractivity contribution in [1.29, 1.82) is 0 Å². The van der Waals surface area contributed by atoms with Gasteiger partial charge in [-0.1, -0.05) is 48.5 Å². The average molecular weight is 453 g/mol. The molecule has 1 unspecified atom stereocenters. The van der Waals surface area contributed by atoms with Crippen LogP contribution in [0.25, 0.3) is 21.9 Å². The van der Waals surface area contributed by atoms with Crippen LogP contribution in [-0.2, 0) is 16.3 Å². The van der Waals surface area contributed by atoms with Crippen LogP contribution in [0.3, 0.4) is 0 Å². The van der Waals surface area contributed by atoms with Gasteiger partial charge in [-0.05, 0) is 31.4 Å². The highest BCUT2D eigenvalue weighted by Gasteiger charge is 2.26.